The predicted octanol–water partition coefficient (Wildman–Crippen LogP) is 3.09. The minimum Gasteiger partial charge on any atom is -0.345 e. The first kappa shape index (κ1) is 14.2. The lowest BCUT2D eigenvalue weighted by Gasteiger charge is -2.06. The van der Waals surface area contributed by atoms with Crippen molar-refractivity contribution in [2.24, 2.45) is 0 Å². The maximum absolute atomic E-state index is 13.0. The topological polar surface area (TPSA) is 46.2 Å². The zero-order valence-corrected chi connectivity index (χ0v) is 11.2. The lowest BCUT2D eigenvalue weighted by Crippen LogP contribution is -2.29. The Kier molecular flexibility index (Phi) is 4.48. The van der Waals surface area contributed by atoms with E-state index in [1.54, 1.807) is 24.3 Å². The summed E-state index contributed by atoms with van der Waals surface area (Å²) in [5.74, 6) is -1.31. The molecule has 0 aliphatic heterocycles. The fourth-order valence-electron chi connectivity index (χ4n) is 1.67. The number of Topliss-reactive ketones (excluding diaryl/α,β-unsaturated/α-hetero) is 1. The van der Waals surface area contributed by atoms with Crippen LogP contribution in [0.5, 0.6) is 0 Å². The normalized spacial score (nSPS) is 10.1. The van der Waals surface area contributed by atoms with Crippen LogP contribution in [0.1, 0.15) is 20.7 Å². The second-order valence-corrected chi connectivity index (χ2v) is 4.50. The largest absolute Gasteiger partial charge is 0.345 e. The molecule has 2 aromatic carbocycles. The number of nitrogens with one attached hydrogen (secondary N) is 1. The van der Waals surface area contributed by atoms with Crippen molar-refractivity contribution in [1.82, 2.24) is 5.32 Å². The molecule has 1 amide bonds. The Balaban J connectivity index is 2.01. The van der Waals surface area contributed by atoms with Crippen LogP contribution in [0.15, 0.2) is 48.5 Å². The van der Waals surface area contributed by atoms with Crippen molar-refractivity contribution in [3.63, 3.8) is 0 Å². The molecule has 0 radical (unpaired) electrons. The lowest BCUT2D eigenvalue weighted by molar-refractivity contribution is 0.0904. The van der Waals surface area contributed by atoms with Gasteiger partial charge in [0.1, 0.15) is 5.82 Å². The molecular formula is C15H11ClFNO2. The summed E-state index contributed by atoms with van der Waals surface area (Å²) in [7, 11) is 0. The summed E-state index contributed by atoms with van der Waals surface area (Å²) in [5, 5.41) is 2.77. The maximum Gasteiger partial charge on any atom is 0.253 e. The maximum atomic E-state index is 13.0. The second-order valence-electron chi connectivity index (χ2n) is 4.10. The molecule has 0 aliphatic carbocycles. The SMILES string of the molecule is O=C(CNC(=O)c1ccccc1Cl)c1cccc(F)c1. The first-order chi connectivity index (χ1) is 9.58. The van der Waals surface area contributed by atoms with Crippen molar-refractivity contribution in [1.29, 1.82) is 0 Å². The first-order valence-corrected chi connectivity index (χ1v) is 6.27. The lowest BCUT2D eigenvalue weighted by atomic mass is 10.1. The highest BCUT2D eigenvalue weighted by atomic mass is 35.5. The number of halogens is 2. The number of rotatable bonds is 4. The quantitative estimate of drug-likeness (QED) is 0.880. The monoisotopic (exact) mass is 291 g/mol. The van der Waals surface area contributed by atoms with E-state index in [2.05, 4.69) is 5.32 Å². The molecule has 3 nitrogen and oxygen atoms in total. The third kappa shape index (κ3) is 3.42. The van der Waals surface area contributed by atoms with E-state index in [1.807, 2.05) is 0 Å². The number of benzene rings is 2. The molecule has 0 aromatic heterocycles. The average molecular weight is 292 g/mol. The summed E-state index contributed by atoms with van der Waals surface area (Å²) in [6, 6.07) is 11.8. The van der Waals surface area contributed by atoms with Gasteiger partial charge in [-0.05, 0) is 24.3 Å². The van der Waals surface area contributed by atoms with Gasteiger partial charge in [0.2, 0.25) is 0 Å². The second kappa shape index (κ2) is 6.30. The number of hydrogen-bond acceptors (Lipinski definition) is 2. The standard InChI is InChI=1S/C15H11ClFNO2/c16-13-7-2-1-6-12(13)15(20)18-9-14(19)10-4-3-5-11(17)8-10/h1-8H,9H2,(H,18,20). The summed E-state index contributed by atoms with van der Waals surface area (Å²) in [6.07, 6.45) is 0. The molecule has 102 valence electrons. The van der Waals surface area contributed by atoms with Crippen LogP contribution in [0.4, 0.5) is 4.39 Å². The van der Waals surface area contributed by atoms with Crippen LogP contribution in [0.3, 0.4) is 0 Å². The summed E-state index contributed by atoms with van der Waals surface area (Å²) in [4.78, 5) is 23.6. The molecule has 20 heavy (non-hydrogen) atoms. The predicted molar refractivity (Wildman–Crippen MR) is 74.5 cm³/mol. The van der Waals surface area contributed by atoms with Crippen molar-refractivity contribution < 1.29 is 14.0 Å². The molecule has 0 saturated heterocycles. The Morgan fingerprint density at radius 3 is 2.55 bits per heavy atom. The number of amides is 1. The molecule has 0 saturated carbocycles. The smallest absolute Gasteiger partial charge is 0.253 e. The average Bonchev–Trinajstić information content (AvgIpc) is 2.45. The van der Waals surface area contributed by atoms with Gasteiger partial charge in [0.15, 0.2) is 5.78 Å². The molecule has 0 aliphatic rings. The van der Waals surface area contributed by atoms with Gasteiger partial charge in [-0.3, -0.25) is 9.59 Å². The van der Waals surface area contributed by atoms with Crippen LogP contribution >= 0.6 is 11.6 Å². The van der Waals surface area contributed by atoms with Gasteiger partial charge in [-0.15, -0.1) is 0 Å². The molecule has 0 fully saturated rings. The Labute approximate surface area is 120 Å². The molecule has 0 spiro atoms. The fourth-order valence-corrected chi connectivity index (χ4v) is 1.89. The van der Waals surface area contributed by atoms with Crippen LogP contribution in [0.25, 0.3) is 0 Å². The van der Waals surface area contributed by atoms with E-state index in [0.717, 1.165) is 6.07 Å². The van der Waals surface area contributed by atoms with Gasteiger partial charge in [0.05, 0.1) is 17.1 Å². The number of ketones is 1. The third-order valence-corrected chi connectivity index (χ3v) is 3.00. The minimum absolute atomic E-state index is 0.212. The van der Waals surface area contributed by atoms with Crippen molar-refractivity contribution in [3.8, 4) is 0 Å². The minimum atomic E-state index is -0.492. The van der Waals surface area contributed by atoms with Crippen LogP contribution in [0, 0.1) is 5.82 Å². The highest BCUT2D eigenvalue weighted by Crippen LogP contribution is 2.14. The molecule has 2 rings (SSSR count). The summed E-state index contributed by atoms with van der Waals surface area (Å²) in [5.41, 5.74) is 0.505. The van der Waals surface area contributed by atoms with Crippen molar-refractivity contribution in [2.75, 3.05) is 6.54 Å². The zero-order valence-electron chi connectivity index (χ0n) is 10.4. The molecule has 5 heteroatoms. The van der Waals surface area contributed by atoms with Gasteiger partial charge < -0.3 is 5.32 Å². The van der Waals surface area contributed by atoms with E-state index >= 15 is 0 Å². The summed E-state index contributed by atoms with van der Waals surface area (Å²) >= 11 is 5.88. The Morgan fingerprint density at radius 2 is 1.85 bits per heavy atom. The van der Waals surface area contributed by atoms with Crippen LogP contribution in [-0.4, -0.2) is 18.2 Å². The number of hydrogen-bond donors (Lipinski definition) is 1. The Hall–Kier alpha value is -2.20. The van der Waals surface area contributed by atoms with Gasteiger partial charge in [0, 0.05) is 5.56 Å². The number of carbonyl (C=O) groups excluding carboxylic acids is 2. The van der Waals surface area contributed by atoms with Gasteiger partial charge in [-0.25, -0.2) is 4.39 Å². The van der Waals surface area contributed by atoms with Gasteiger partial charge in [0.25, 0.3) is 5.91 Å². The van der Waals surface area contributed by atoms with Gasteiger partial charge >= 0.3 is 0 Å². The third-order valence-electron chi connectivity index (χ3n) is 2.67. The number of carbonyl (C=O) groups is 2. The highest BCUT2D eigenvalue weighted by molar-refractivity contribution is 6.33. The highest BCUT2D eigenvalue weighted by Gasteiger charge is 2.12. The van der Waals surface area contributed by atoms with E-state index in [4.69, 9.17) is 11.6 Å². The summed E-state index contributed by atoms with van der Waals surface area (Å²) in [6.45, 7) is -0.215. The summed E-state index contributed by atoms with van der Waals surface area (Å²) < 4.78 is 13.0. The van der Waals surface area contributed by atoms with E-state index < -0.39 is 11.7 Å². The van der Waals surface area contributed by atoms with Crippen LogP contribution < -0.4 is 5.32 Å². The van der Waals surface area contributed by atoms with E-state index in [-0.39, 0.29) is 17.9 Å². The van der Waals surface area contributed by atoms with E-state index in [0.29, 0.717) is 10.6 Å². The molecule has 2 aromatic rings. The van der Waals surface area contributed by atoms with E-state index in [1.165, 1.54) is 18.2 Å². The van der Waals surface area contributed by atoms with Crippen LogP contribution in [-0.2, 0) is 0 Å². The first-order valence-electron chi connectivity index (χ1n) is 5.89. The van der Waals surface area contributed by atoms with Gasteiger partial charge in [-0.1, -0.05) is 35.9 Å². The molecule has 0 atom stereocenters. The molecule has 0 heterocycles. The molecular weight excluding hydrogens is 281 g/mol. The zero-order chi connectivity index (χ0) is 14.5. The van der Waals surface area contributed by atoms with Gasteiger partial charge in [-0.2, -0.15) is 0 Å². The Morgan fingerprint density at radius 1 is 1.10 bits per heavy atom. The molecule has 0 unspecified atom stereocenters. The Bertz CT molecular complexity index is 658. The van der Waals surface area contributed by atoms with Crippen molar-refractivity contribution in [3.05, 3.63) is 70.5 Å². The fraction of sp³-hybridized carbons (Fsp3) is 0.0667. The van der Waals surface area contributed by atoms with Crippen LogP contribution in [0.2, 0.25) is 5.02 Å². The molecule has 0 bridgehead atoms. The van der Waals surface area contributed by atoms with E-state index in [9.17, 15) is 14.0 Å². The van der Waals surface area contributed by atoms with Crippen molar-refractivity contribution in [2.45, 2.75) is 0 Å². The molecule has 1 N–H and O–H groups in total. The van der Waals surface area contributed by atoms with Crippen molar-refractivity contribution >= 4 is 23.3 Å².